The Morgan fingerprint density at radius 1 is 1.40 bits per heavy atom. The molecule has 5 N–H and O–H groups in total. The first-order valence-corrected chi connectivity index (χ1v) is 6.40. The minimum atomic E-state index is -0.241. The molecule has 0 saturated carbocycles. The van der Waals surface area contributed by atoms with Crippen molar-refractivity contribution in [2.75, 3.05) is 11.1 Å². The van der Waals surface area contributed by atoms with Gasteiger partial charge in [-0.1, -0.05) is 19.1 Å². The number of aromatic nitrogens is 3. The number of H-pyrrole nitrogens is 2. The summed E-state index contributed by atoms with van der Waals surface area (Å²) in [5, 5.41) is 10.5. The summed E-state index contributed by atoms with van der Waals surface area (Å²) in [7, 11) is 0. The van der Waals surface area contributed by atoms with Crippen molar-refractivity contribution < 1.29 is 4.79 Å². The quantitative estimate of drug-likeness (QED) is 0.549. The van der Waals surface area contributed by atoms with Crippen LogP contribution in [0.5, 0.6) is 0 Å². The van der Waals surface area contributed by atoms with Crippen molar-refractivity contribution in [3.05, 3.63) is 41.7 Å². The summed E-state index contributed by atoms with van der Waals surface area (Å²) in [6.07, 6.45) is 0.839. The highest BCUT2D eigenvalue weighted by atomic mass is 16.1. The van der Waals surface area contributed by atoms with Crippen LogP contribution in [-0.2, 0) is 6.42 Å². The van der Waals surface area contributed by atoms with E-state index in [9.17, 15) is 4.79 Å². The maximum Gasteiger partial charge on any atom is 0.273 e. The summed E-state index contributed by atoms with van der Waals surface area (Å²) in [6, 6.07) is 9.14. The normalized spacial score (nSPS) is 10.8. The molecule has 0 bridgehead atoms. The Labute approximate surface area is 115 Å². The molecule has 2 aromatic heterocycles. The van der Waals surface area contributed by atoms with Gasteiger partial charge in [0.15, 0.2) is 5.82 Å². The zero-order valence-electron chi connectivity index (χ0n) is 11.0. The lowest BCUT2D eigenvalue weighted by Crippen LogP contribution is -2.12. The molecule has 0 aliphatic heterocycles. The lowest BCUT2D eigenvalue weighted by atomic mass is 10.2. The number of aryl methyl sites for hydroxylation is 1. The van der Waals surface area contributed by atoms with Crippen molar-refractivity contribution in [1.29, 1.82) is 0 Å². The summed E-state index contributed by atoms with van der Waals surface area (Å²) in [5.41, 5.74) is 8.69. The zero-order valence-corrected chi connectivity index (χ0v) is 11.0. The highest BCUT2D eigenvalue weighted by molar-refractivity contribution is 6.06. The third-order valence-electron chi connectivity index (χ3n) is 3.19. The first-order chi connectivity index (χ1) is 9.67. The summed E-state index contributed by atoms with van der Waals surface area (Å²) >= 11 is 0. The second-order valence-electron chi connectivity index (χ2n) is 4.58. The van der Waals surface area contributed by atoms with Crippen LogP contribution in [-0.4, -0.2) is 21.1 Å². The number of anilines is 2. The number of rotatable bonds is 3. The van der Waals surface area contributed by atoms with Crippen LogP contribution in [0.1, 0.15) is 23.1 Å². The fraction of sp³-hybridized carbons (Fsp3) is 0.143. The number of carbonyl (C=O) groups excluding carboxylic acids is 1. The number of benzene rings is 1. The maximum atomic E-state index is 12.2. The van der Waals surface area contributed by atoms with Crippen molar-refractivity contribution in [2.24, 2.45) is 0 Å². The van der Waals surface area contributed by atoms with E-state index < -0.39 is 0 Å². The van der Waals surface area contributed by atoms with Crippen molar-refractivity contribution in [2.45, 2.75) is 13.3 Å². The van der Waals surface area contributed by atoms with Gasteiger partial charge in [-0.25, -0.2) is 0 Å². The van der Waals surface area contributed by atoms with Crippen LogP contribution < -0.4 is 11.1 Å². The van der Waals surface area contributed by atoms with E-state index in [1.54, 1.807) is 12.1 Å². The molecule has 2 heterocycles. The van der Waals surface area contributed by atoms with Crippen molar-refractivity contribution >= 4 is 28.3 Å². The number of hydrogen-bond donors (Lipinski definition) is 4. The molecule has 0 atom stereocenters. The van der Waals surface area contributed by atoms with Gasteiger partial charge in [-0.2, -0.15) is 5.10 Å². The van der Waals surface area contributed by atoms with E-state index >= 15 is 0 Å². The molecule has 20 heavy (non-hydrogen) atoms. The van der Waals surface area contributed by atoms with Gasteiger partial charge in [0.2, 0.25) is 0 Å². The van der Waals surface area contributed by atoms with Gasteiger partial charge in [-0.3, -0.25) is 9.89 Å². The van der Waals surface area contributed by atoms with Crippen molar-refractivity contribution in [1.82, 2.24) is 15.2 Å². The monoisotopic (exact) mass is 269 g/mol. The Hall–Kier alpha value is -2.76. The van der Waals surface area contributed by atoms with Crippen LogP contribution >= 0.6 is 0 Å². The number of nitrogens with one attached hydrogen (secondary N) is 3. The van der Waals surface area contributed by atoms with Crippen LogP contribution in [0.3, 0.4) is 0 Å². The van der Waals surface area contributed by atoms with E-state index in [4.69, 9.17) is 5.73 Å². The third-order valence-corrected chi connectivity index (χ3v) is 3.19. The van der Waals surface area contributed by atoms with Gasteiger partial charge in [-0.15, -0.1) is 0 Å². The van der Waals surface area contributed by atoms with E-state index in [2.05, 4.69) is 20.5 Å². The van der Waals surface area contributed by atoms with E-state index in [1.807, 2.05) is 25.1 Å². The van der Waals surface area contributed by atoms with Gasteiger partial charge in [0.05, 0.1) is 11.2 Å². The van der Waals surface area contributed by atoms with E-state index in [0.717, 1.165) is 23.0 Å². The molecular weight excluding hydrogens is 254 g/mol. The molecule has 0 aliphatic rings. The molecular formula is C14H15N5O. The number of nitrogens with zero attached hydrogens (tertiary/aromatic N) is 1. The minimum Gasteiger partial charge on any atom is -0.397 e. The first kappa shape index (κ1) is 12.3. The number of carbonyl (C=O) groups is 1. The molecule has 6 nitrogen and oxygen atoms in total. The number of fused-ring (bicyclic) bond motifs is 1. The average molecular weight is 269 g/mol. The SMILES string of the molecule is CCc1cc(NC(=O)c2cc3cccc(N)c3[nH]2)n[nH]1. The average Bonchev–Trinajstić information content (AvgIpc) is 3.05. The number of nitrogens with two attached hydrogens (primary N) is 1. The van der Waals surface area contributed by atoms with Gasteiger partial charge in [-0.05, 0) is 18.6 Å². The predicted molar refractivity (Wildman–Crippen MR) is 78.6 cm³/mol. The molecule has 0 unspecified atom stereocenters. The predicted octanol–water partition coefficient (Wildman–Crippen LogP) is 2.29. The highest BCUT2D eigenvalue weighted by Crippen LogP contribution is 2.21. The largest absolute Gasteiger partial charge is 0.397 e. The third kappa shape index (κ3) is 2.11. The second kappa shape index (κ2) is 4.73. The minimum absolute atomic E-state index is 0.241. The molecule has 1 aromatic carbocycles. The van der Waals surface area contributed by atoms with Gasteiger partial charge in [0.25, 0.3) is 5.91 Å². The number of nitrogen functional groups attached to an aromatic ring is 1. The van der Waals surface area contributed by atoms with Gasteiger partial charge in [0, 0.05) is 17.1 Å². The molecule has 0 saturated heterocycles. The van der Waals surface area contributed by atoms with Crippen LogP contribution in [0.4, 0.5) is 11.5 Å². The second-order valence-corrected chi connectivity index (χ2v) is 4.58. The number of hydrogen-bond acceptors (Lipinski definition) is 3. The van der Waals surface area contributed by atoms with Crippen molar-refractivity contribution in [3.8, 4) is 0 Å². The molecule has 3 aromatic rings. The molecule has 0 aliphatic carbocycles. The van der Waals surface area contributed by atoms with Gasteiger partial charge in [0.1, 0.15) is 5.69 Å². The fourth-order valence-corrected chi connectivity index (χ4v) is 2.09. The first-order valence-electron chi connectivity index (χ1n) is 6.40. The Morgan fingerprint density at radius 3 is 2.95 bits per heavy atom. The van der Waals surface area contributed by atoms with Crippen molar-refractivity contribution in [3.63, 3.8) is 0 Å². The Morgan fingerprint density at radius 2 is 2.25 bits per heavy atom. The van der Waals surface area contributed by atoms with E-state index in [-0.39, 0.29) is 5.91 Å². The smallest absolute Gasteiger partial charge is 0.273 e. The molecule has 0 fully saturated rings. The van der Waals surface area contributed by atoms with Crippen LogP contribution in [0.2, 0.25) is 0 Å². The lowest BCUT2D eigenvalue weighted by molar-refractivity contribution is 0.102. The molecule has 102 valence electrons. The summed E-state index contributed by atoms with van der Waals surface area (Å²) in [5.74, 6) is 0.272. The van der Waals surface area contributed by atoms with E-state index in [1.165, 1.54) is 0 Å². The lowest BCUT2D eigenvalue weighted by Gasteiger charge is -1.98. The molecule has 1 amide bonds. The number of para-hydroxylation sites is 1. The Bertz CT molecular complexity index is 771. The molecule has 0 spiro atoms. The number of amides is 1. The van der Waals surface area contributed by atoms with Crippen LogP contribution in [0.15, 0.2) is 30.3 Å². The molecule has 3 rings (SSSR count). The maximum absolute atomic E-state index is 12.2. The van der Waals surface area contributed by atoms with Crippen LogP contribution in [0.25, 0.3) is 10.9 Å². The standard InChI is InChI=1S/C14H15N5O/c1-2-9-7-12(19-18-9)17-14(20)11-6-8-4-3-5-10(15)13(8)16-11/h3-7,16H,2,15H2,1H3,(H2,17,18,19,20). The topological polar surface area (TPSA) is 99.6 Å². The van der Waals surface area contributed by atoms with Crippen LogP contribution in [0, 0.1) is 0 Å². The fourth-order valence-electron chi connectivity index (χ4n) is 2.09. The molecule has 6 heteroatoms. The summed E-state index contributed by atoms with van der Waals surface area (Å²) in [6.45, 7) is 2.01. The van der Waals surface area contributed by atoms with E-state index in [0.29, 0.717) is 17.2 Å². The summed E-state index contributed by atoms with van der Waals surface area (Å²) in [4.78, 5) is 15.2. The molecule has 0 radical (unpaired) electrons. The van der Waals surface area contributed by atoms with Gasteiger partial charge >= 0.3 is 0 Å². The highest BCUT2D eigenvalue weighted by Gasteiger charge is 2.12. The van der Waals surface area contributed by atoms with Gasteiger partial charge < -0.3 is 16.0 Å². The zero-order chi connectivity index (χ0) is 14.1. The summed E-state index contributed by atoms with van der Waals surface area (Å²) < 4.78 is 0. The Kier molecular flexibility index (Phi) is 2.90. The Balaban J connectivity index is 1.86. The number of aromatic amines is 2.